The first-order chi connectivity index (χ1) is 23.8. The fraction of sp³-hybridized carbons (Fsp3) is 0.250. The van der Waals surface area contributed by atoms with Crippen molar-refractivity contribution in [1.82, 2.24) is 25.1 Å². The monoisotopic (exact) mass is 696 g/mol. The van der Waals surface area contributed by atoms with Gasteiger partial charge in [-0.1, -0.05) is 54.2 Å². The molecule has 0 bridgehead atoms. The van der Waals surface area contributed by atoms with Crippen LogP contribution in [0.5, 0.6) is 17.2 Å². The summed E-state index contributed by atoms with van der Waals surface area (Å²) in [7, 11) is 4.71. The van der Waals surface area contributed by atoms with Crippen molar-refractivity contribution in [3.8, 4) is 22.9 Å². The summed E-state index contributed by atoms with van der Waals surface area (Å²) in [5.74, 6) is 1.68. The molecule has 0 radical (unpaired) electrons. The Hall–Kier alpha value is -5.14. The van der Waals surface area contributed by atoms with E-state index in [-0.39, 0.29) is 24.1 Å². The molecule has 1 unspecified atom stereocenters. The molecular weight excluding hydrogens is 661 g/mol. The molecular formula is C36H36N6O5S2. The second-order valence-corrected chi connectivity index (χ2v) is 13.1. The van der Waals surface area contributed by atoms with Gasteiger partial charge < -0.3 is 19.5 Å². The van der Waals surface area contributed by atoms with Crippen molar-refractivity contribution in [2.45, 2.75) is 38.0 Å². The van der Waals surface area contributed by atoms with Crippen LogP contribution < -0.4 is 19.5 Å². The number of carbonyl (C=O) groups excluding carboxylic acids is 2. The van der Waals surface area contributed by atoms with Gasteiger partial charge in [-0.3, -0.25) is 14.2 Å². The van der Waals surface area contributed by atoms with Crippen LogP contribution in [0.2, 0.25) is 0 Å². The molecule has 2 aromatic heterocycles. The number of hydrogen-bond acceptors (Lipinski definition) is 10. The molecule has 252 valence electrons. The standard InChI is InChI=1S/C36H36N6O5S2/c1-22-11-8-14-27(23(22)2)41-32(20-37-35(44)25-12-6-7-15-29(25)45-3)38-39-36(41)49-21-33(43)42-28(19-26(40-42)31-17-10-18-48-31)24-13-9-16-30(46-4)34(24)47-5/h6-18,28H,19-21H2,1-5H3,(H,37,44). The highest BCUT2D eigenvalue weighted by molar-refractivity contribution is 7.99. The summed E-state index contributed by atoms with van der Waals surface area (Å²) in [6.45, 7) is 4.16. The fourth-order valence-corrected chi connectivity index (χ4v) is 7.29. The lowest BCUT2D eigenvalue weighted by molar-refractivity contribution is -0.130. The van der Waals surface area contributed by atoms with Crippen LogP contribution in [0.4, 0.5) is 0 Å². The Balaban J connectivity index is 1.29. The number of rotatable bonds is 12. The lowest BCUT2D eigenvalue weighted by atomic mass is 9.99. The molecule has 13 heteroatoms. The maximum Gasteiger partial charge on any atom is 0.255 e. The lowest BCUT2D eigenvalue weighted by Gasteiger charge is -2.24. The molecule has 11 nitrogen and oxygen atoms in total. The normalized spacial score (nSPS) is 14.0. The van der Waals surface area contributed by atoms with Crippen LogP contribution in [0.3, 0.4) is 0 Å². The summed E-state index contributed by atoms with van der Waals surface area (Å²) in [4.78, 5) is 28.2. The number of nitrogens with zero attached hydrogens (tertiary/aromatic N) is 5. The maximum atomic E-state index is 14.1. The van der Waals surface area contributed by atoms with Gasteiger partial charge in [0, 0.05) is 12.0 Å². The van der Waals surface area contributed by atoms with Crippen molar-refractivity contribution in [2.24, 2.45) is 5.10 Å². The molecule has 2 amide bonds. The second kappa shape index (κ2) is 15.0. The highest BCUT2D eigenvalue weighted by atomic mass is 32.2. The number of amides is 2. The van der Waals surface area contributed by atoms with E-state index < -0.39 is 6.04 Å². The molecule has 1 atom stereocenters. The third-order valence-electron chi connectivity index (χ3n) is 8.36. The zero-order valence-electron chi connectivity index (χ0n) is 27.8. The number of ether oxygens (including phenoxy) is 3. The number of nitrogens with one attached hydrogen (secondary N) is 1. The Labute approximate surface area is 292 Å². The molecule has 1 aliphatic heterocycles. The molecule has 0 fully saturated rings. The first kappa shape index (κ1) is 33.7. The van der Waals surface area contributed by atoms with E-state index in [4.69, 9.17) is 19.3 Å². The van der Waals surface area contributed by atoms with E-state index in [0.29, 0.717) is 40.2 Å². The molecule has 0 saturated carbocycles. The molecule has 0 saturated heterocycles. The van der Waals surface area contributed by atoms with E-state index >= 15 is 0 Å². The molecule has 1 N–H and O–H groups in total. The number of carbonyl (C=O) groups is 2. The Morgan fingerprint density at radius 1 is 0.918 bits per heavy atom. The van der Waals surface area contributed by atoms with Crippen LogP contribution in [0.1, 0.15) is 50.2 Å². The summed E-state index contributed by atoms with van der Waals surface area (Å²) in [5, 5.41) is 20.8. The number of thiophene rings is 1. The largest absolute Gasteiger partial charge is 0.496 e. The van der Waals surface area contributed by atoms with Gasteiger partial charge in [0.05, 0.1) is 61.5 Å². The van der Waals surface area contributed by atoms with Crippen LogP contribution in [0.15, 0.2) is 88.4 Å². The molecule has 6 rings (SSSR count). The van der Waals surface area contributed by atoms with E-state index in [1.165, 1.54) is 18.9 Å². The van der Waals surface area contributed by atoms with Crippen molar-refractivity contribution in [3.05, 3.63) is 111 Å². The summed E-state index contributed by atoms with van der Waals surface area (Å²) >= 11 is 2.85. The number of methoxy groups -OCH3 is 3. The SMILES string of the molecule is COc1ccccc1C(=O)NCc1nnc(SCC(=O)N2N=C(c3cccs3)CC2c2cccc(OC)c2OC)n1-c1cccc(C)c1C. The molecule has 3 aromatic carbocycles. The van der Waals surface area contributed by atoms with Gasteiger partial charge in [0.1, 0.15) is 5.75 Å². The first-order valence-electron chi connectivity index (χ1n) is 15.5. The number of hydrogen-bond donors (Lipinski definition) is 1. The average molecular weight is 697 g/mol. The Kier molecular flexibility index (Phi) is 10.3. The van der Waals surface area contributed by atoms with Crippen LogP contribution in [-0.4, -0.2) is 64.4 Å². The topological polar surface area (TPSA) is 120 Å². The van der Waals surface area contributed by atoms with Crippen molar-refractivity contribution in [3.63, 3.8) is 0 Å². The third-order valence-corrected chi connectivity index (χ3v) is 10.2. The van der Waals surface area contributed by atoms with Crippen LogP contribution in [0.25, 0.3) is 5.69 Å². The molecule has 0 aliphatic carbocycles. The van der Waals surface area contributed by atoms with Gasteiger partial charge in [-0.25, -0.2) is 5.01 Å². The summed E-state index contributed by atoms with van der Waals surface area (Å²) < 4.78 is 18.6. The fourth-order valence-electron chi connectivity index (χ4n) is 5.76. The summed E-state index contributed by atoms with van der Waals surface area (Å²) in [5.41, 5.74) is 5.03. The number of aromatic nitrogens is 3. The number of aryl methyl sites for hydroxylation is 1. The van der Waals surface area contributed by atoms with Gasteiger partial charge in [-0.05, 0) is 60.7 Å². The Morgan fingerprint density at radius 3 is 2.45 bits per heavy atom. The molecule has 1 aliphatic rings. The minimum Gasteiger partial charge on any atom is -0.496 e. The molecule has 0 spiro atoms. The van der Waals surface area contributed by atoms with Crippen molar-refractivity contribution in [1.29, 1.82) is 0 Å². The van der Waals surface area contributed by atoms with Gasteiger partial charge in [-0.2, -0.15) is 5.10 Å². The third kappa shape index (κ3) is 6.90. The van der Waals surface area contributed by atoms with E-state index in [2.05, 4.69) is 15.5 Å². The number of benzene rings is 3. The second-order valence-electron chi connectivity index (χ2n) is 11.2. The number of thioether (sulfide) groups is 1. The van der Waals surface area contributed by atoms with Crippen LogP contribution >= 0.6 is 23.1 Å². The van der Waals surface area contributed by atoms with Crippen LogP contribution in [0, 0.1) is 13.8 Å². The maximum absolute atomic E-state index is 14.1. The van der Waals surface area contributed by atoms with Gasteiger partial charge in [0.25, 0.3) is 11.8 Å². The van der Waals surface area contributed by atoms with Gasteiger partial charge in [-0.15, -0.1) is 21.5 Å². The lowest BCUT2D eigenvalue weighted by Crippen LogP contribution is -2.29. The van der Waals surface area contributed by atoms with Gasteiger partial charge in [0.2, 0.25) is 0 Å². The zero-order valence-corrected chi connectivity index (χ0v) is 29.4. The Morgan fingerprint density at radius 2 is 1.69 bits per heavy atom. The number of para-hydroxylation sites is 2. The minimum atomic E-state index is -0.395. The first-order valence-corrected chi connectivity index (χ1v) is 17.4. The predicted molar refractivity (Wildman–Crippen MR) is 190 cm³/mol. The van der Waals surface area contributed by atoms with Gasteiger partial charge in [0.15, 0.2) is 22.5 Å². The quantitative estimate of drug-likeness (QED) is 0.150. The highest BCUT2D eigenvalue weighted by Gasteiger charge is 2.36. The summed E-state index contributed by atoms with van der Waals surface area (Å²) in [6, 6.07) is 22.3. The van der Waals surface area contributed by atoms with Crippen molar-refractivity contribution in [2.75, 3.05) is 27.1 Å². The van der Waals surface area contributed by atoms with Crippen LogP contribution in [-0.2, 0) is 11.3 Å². The predicted octanol–water partition coefficient (Wildman–Crippen LogP) is 6.37. The smallest absolute Gasteiger partial charge is 0.255 e. The van der Waals surface area contributed by atoms with Gasteiger partial charge >= 0.3 is 0 Å². The molecule has 3 heterocycles. The number of hydrazone groups is 1. The van der Waals surface area contributed by atoms with E-state index in [1.54, 1.807) is 48.8 Å². The molecule has 5 aromatic rings. The van der Waals surface area contributed by atoms with E-state index in [9.17, 15) is 9.59 Å². The molecule has 49 heavy (non-hydrogen) atoms. The Bertz CT molecular complexity index is 2010. The average Bonchev–Trinajstić information content (AvgIpc) is 3.91. The zero-order chi connectivity index (χ0) is 34.5. The minimum absolute atomic E-state index is 0.0422. The van der Waals surface area contributed by atoms with Crippen molar-refractivity contribution >= 4 is 40.6 Å². The highest BCUT2D eigenvalue weighted by Crippen LogP contribution is 2.42. The van der Waals surface area contributed by atoms with E-state index in [0.717, 1.165) is 33.0 Å². The summed E-state index contributed by atoms with van der Waals surface area (Å²) in [6.07, 6.45) is 0.523. The van der Waals surface area contributed by atoms with Crippen molar-refractivity contribution < 1.29 is 23.8 Å². The van der Waals surface area contributed by atoms with E-state index in [1.807, 2.05) is 78.4 Å².